The average molecular weight is 1190 g/mol. The minimum atomic E-state index is 0.593. The highest BCUT2D eigenvalue weighted by Gasteiger charge is 2.24. The lowest BCUT2D eigenvalue weighted by Gasteiger charge is -2.13. The van der Waals surface area contributed by atoms with Crippen molar-refractivity contribution in [1.29, 1.82) is 15.8 Å². The van der Waals surface area contributed by atoms with Gasteiger partial charge in [-0.15, -0.1) is 0 Å². The summed E-state index contributed by atoms with van der Waals surface area (Å²) in [6, 6.07) is 101. The van der Waals surface area contributed by atoms with Gasteiger partial charge in [0, 0.05) is 66.5 Å². The molecule has 93 heavy (non-hydrogen) atoms. The molecule has 0 amide bonds. The predicted molar refractivity (Wildman–Crippen MR) is 374 cm³/mol. The van der Waals surface area contributed by atoms with Crippen LogP contribution in [0.2, 0.25) is 0 Å². The van der Waals surface area contributed by atoms with E-state index in [4.69, 9.17) is 19.9 Å². The van der Waals surface area contributed by atoms with Crippen molar-refractivity contribution in [2.75, 3.05) is 0 Å². The Morgan fingerprint density at radius 2 is 0.753 bits per heavy atom. The van der Waals surface area contributed by atoms with Crippen LogP contribution < -0.4 is 0 Å². The molecule has 0 bridgehead atoms. The Kier molecular flexibility index (Phi) is 13.7. The van der Waals surface area contributed by atoms with Gasteiger partial charge in [0.1, 0.15) is 11.3 Å². The largest absolute Gasteiger partial charge is 0.291 e. The van der Waals surface area contributed by atoms with Crippen LogP contribution in [0.5, 0.6) is 0 Å². The van der Waals surface area contributed by atoms with Gasteiger partial charge in [0.15, 0.2) is 0 Å². The van der Waals surface area contributed by atoms with Crippen molar-refractivity contribution in [3.05, 3.63) is 308 Å². The molecule has 10 aromatic carbocycles. The third-order valence-corrected chi connectivity index (χ3v) is 17.4. The summed E-state index contributed by atoms with van der Waals surface area (Å²) in [7, 11) is 0. The molecule has 0 saturated carbocycles. The van der Waals surface area contributed by atoms with Crippen LogP contribution in [0, 0.1) is 40.9 Å². The molecule has 7 aromatic heterocycles. The summed E-state index contributed by atoms with van der Waals surface area (Å²) < 4.78 is 4.53. The van der Waals surface area contributed by atoms with Crippen LogP contribution in [-0.2, 0) is 0 Å². The lowest BCUT2D eigenvalue weighted by atomic mass is 9.98. The van der Waals surface area contributed by atoms with Gasteiger partial charge in [-0.05, 0) is 126 Å². The zero-order chi connectivity index (χ0) is 62.5. The first-order valence-corrected chi connectivity index (χ1v) is 30.5. The molecule has 0 unspecified atom stereocenters. The average Bonchev–Trinajstić information content (AvgIpc) is 1.62. The van der Waals surface area contributed by atoms with Gasteiger partial charge in [0.25, 0.3) is 0 Å². The molecule has 0 saturated heterocycles. The Morgan fingerprint density at radius 3 is 1.32 bits per heavy atom. The van der Waals surface area contributed by atoms with Gasteiger partial charge < -0.3 is 0 Å². The number of nitriles is 3. The first-order valence-electron chi connectivity index (χ1n) is 30.5. The van der Waals surface area contributed by atoms with Crippen molar-refractivity contribution < 1.29 is 0 Å². The van der Waals surface area contributed by atoms with Crippen LogP contribution in [-0.4, -0.2) is 33.7 Å². The van der Waals surface area contributed by atoms with Crippen molar-refractivity contribution >= 4 is 65.5 Å². The number of pyridine rings is 5. The van der Waals surface area contributed by atoms with Gasteiger partial charge in [-0.2, -0.15) is 15.8 Å². The number of nitrogens with zero attached hydrogens (tertiary/aromatic N) is 10. The second-order valence-electron chi connectivity index (χ2n) is 23.0. The summed E-state index contributed by atoms with van der Waals surface area (Å²) in [4.78, 5) is 25.1. The molecule has 17 rings (SSSR count). The maximum Gasteiger partial charge on any atom is 0.146 e. The molecule has 17 aromatic rings. The SMILES string of the molecule is Cc1ccc(-c2c(-c3ccc(C#N)cc3)nc3c4cc(-c5cccc(-c6ccccn6)n5)ccc4c4ccccc4n23)cc1.N#Cc1ccc(-c2nc3c4cc(-c5ccc(-c6ccc7ccccc7n6)cc5)ccc4c4ccccc4n3c2-c2ccc(C#N)cc2)cc1. The number of hydrogen-bond acceptors (Lipinski definition) is 8. The van der Waals surface area contributed by atoms with E-state index in [1.165, 1.54) is 5.56 Å². The molecule has 0 aliphatic rings. The molecule has 10 nitrogen and oxygen atoms in total. The minimum Gasteiger partial charge on any atom is -0.291 e. The summed E-state index contributed by atoms with van der Waals surface area (Å²) in [6.07, 6.45) is 1.79. The second-order valence-corrected chi connectivity index (χ2v) is 23.0. The maximum atomic E-state index is 9.51. The van der Waals surface area contributed by atoms with Crippen LogP contribution in [0.4, 0.5) is 0 Å². The van der Waals surface area contributed by atoms with Crippen LogP contribution in [0.1, 0.15) is 22.3 Å². The molecule has 7 heterocycles. The lowest BCUT2D eigenvalue weighted by molar-refractivity contribution is 1.25. The Morgan fingerprint density at radius 1 is 0.301 bits per heavy atom. The number of imidazole rings is 2. The number of benzene rings is 10. The van der Waals surface area contributed by atoms with E-state index in [-0.39, 0.29) is 0 Å². The van der Waals surface area contributed by atoms with E-state index in [2.05, 4.69) is 191 Å². The molecule has 0 fully saturated rings. The fourth-order valence-corrected chi connectivity index (χ4v) is 12.8. The van der Waals surface area contributed by atoms with Gasteiger partial charge in [-0.1, -0.05) is 188 Å². The van der Waals surface area contributed by atoms with Crippen molar-refractivity contribution in [3.63, 3.8) is 0 Å². The molecule has 432 valence electrons. The van der Waals surface area contributed by atoms with Crippen LogP contribution in [0.15, 0.2) is 285 Å². The first kappa shape index (κ1) is 55.1. The molecule has 0 N–H and O–H groups in total. The van der Waals surface area contributed by atoms with Crippen molar-refractivity contribution in [2.24, 2.45) is 0 Å². The van der Waals surface area contributed by atoms with E-state index in [0.29, 0.717) is 16.7 Å². The van der Waals surface area contributed by atoms with Crippen LogP contribution in [0.25, 0.3) is 156 Å². The monoisotopic (exact) mass is 1190 g/mol. The minimum absolute atomic E-state index is 0.593. The highest BCUT2D eigenvalue weighted by atomic mass is 15.0. The molecule has 0 aliphatic heterocycles. The summed E-state index contributed by atoms with van der Waals surface area (Å²) in [6.45, 7) is 2.10. The number of fused-ring (bicyclic) bond motifs is 13. The van der Waals surface area contributed by atoms with E-state index in [0.717, 1.165) is 156 Å². The Balaban J connectivity index is 0.000000148. The number of rotatable bonds is 8. The number of hydrogen-bond donors (Lipinski definition) is 0. The highest BCUT2D eigenvalue weighted by molar-refractivity contribution is 6.16. The second kappa shape index (κ2) is 23.1. The summed E-state index contributed by atoms with van der Waals surface area (Å²) >= 11 is 0. The van der Waals surface area contributed by atoms with E-state index in [1.807, 2.05) is 127 Å². The third-order valence-electron chi connectivity index (χ3n) is 17.4. The molecule has 10 heteroatoms. The predicted octanol–water partition coefficient (Wildman–Crippen LogP) is 19.9. The van der Waals surface area contributed by atoms with Crippen LogP contribution in [0.3, 0.4) is 0 Å². The molecular weight excluding hydrogens is 1140 g/mol. The van der Waals surface area contributed by atoms with Gasteiger partial charge in [-0.25, -0.2) is 19.9 Å². The van der Waals surface area contributed by atoms with Crippen LogP contribution >= 0.6 is 0 Å². The first-order chi connectivity index (χ1) is 45.9. The standard InChI is InChI=1S/C44H25N5.C39H25N5/c45-26-28-9-13-33(14-10-28)42-43(34-15-11-29(27-46)12-16-34)49-41-8-4-2-6-37(41)36-23-21-35(25-38(36)44(49)48-42)30-17-19-32(20-18-30)40-24-22-31-5-1-3-7-39(31)47-40;1-25-12-16-28(17-13-25)38-37(27-18-14-26(24-40)15-19-27)43-39-32-23-29(20-21-30(32)31-7-2-3-11-36(31)44(38)39)33-9-6-10-35(42-33)34-8-4-5-22-41-34/h1-25H;2-23H,1H3. The topological polar surface area (TPSA) is 145 Å². The third kappa shape index (κ3) is 9.89. The molecule has 0 spiro atoms. The molecule has 0 atom stereocenters. The van der Waals surface area contributed by atoms with E-state index in [1.54, 1.807) is 6.20 Å². The molecule has 0 aliphatic carbocycles. The van der Waals surface area contributed by atoms with E-state index in [9.17, 15) is 15.8 Å². The van der Waals surface area contributed by atoms with E-state index < -0.39 is 0 Å². The lowest BCUT2D eigenvalue weighted by Crippen LogP contribution is -1.95. The Hall–Kier alpha value is -13.2. The van der Waals surface area contributed by atoms with Gasteiger partial charge in [-0.3, -0.25) is 13.8 Å². The number of aryl methyl sites for hydroxylation is 1. The number of aromatic nitrogens is 7. The summed E-state index contributed by atoms with van der Waals surface area (Å²) in [5, 5.41) is 36.1. The molecule has 0 radical (unpaired) electrons. The Labute approximate surface area is 534 Å². The zero-order valence-electron chi connectivity index (χ0n) is 50.1. The summed E-state index contributed by atoms with van der Waals surface area (Å²) in [5.41, 5.74) is 23.1. The molecular formula is C83H50N10. The Bertz CT molecular complexity index is 5930. The normalized spacial score (nSPS) is 11.2. The fraction of sp³-hybridized carbons (Fsp3) is 0.0120. The van der Waals surface area contributed by atoms with Gasteiger partial charge in [0.2, 0.25) is 0 Å². The highest BCUT2D eigenvalue weighted by Crippen LogP contribution is 2.43. The van der Waals surface area contributed by atoms with Crippen molar-refractivity contribution in [2.45, 2.75) is 6.92 Å². The fourth-order valence-electron chi connectivity index (χ4n) is 12.8. The van der Waals surface area contributed by atoms with E-state index >= 15 is 0 Å². The summed E-state index contributed by atoms with van der Waals surface area (Å²) in [5.74, 6) is 0. The van der Waals surface area contributed by atoms with Crippen molar-refractivity contribution in [1.82, 2.24) is 33.7 Å². The van der Waals surface area contributed by atoms with Gasteiger partial charge in [0.05, 0.1) is 97.0 Å². The van der Waals surface area contributed by atoms with Crippen molar-refractivity contribution in [3.8, 4) is 108 Å². The number of para-hydroxylation sites is 3. The quantitative estimate of drug-likeness (QED) is 0.137. The zero-order valence-corrected chi connectivity index (χ0v) is 50.1. The maximum absolute atomic E-state index is 9.51. The van der Waals surface area contributed by atoms with Gasteiger partial charge >= 0.3 is 0 Å². The smallest absolute Gasteiger partial charge is 0.146 e.